The molecule has 5 heteroatoms. The summed E-state index contributed by atoms with van der Waals surface area (Å²) in [5.41, 5.74) is 2.22. The lowest BCUT2D eigenvalue weighted by atomic mass is 10.0. The van der Waals surface area contributed by atoms with E-state index in [1.807, 2.05) is 13.0 Å². The molecular formula is C14H16ClFN2O. The number of aromatic nitrogens is 2. The summed E-state index contributed by atoms with van der Waals surface area (Å²) in [4.78, 5) is 0. The van der Waals surface area contributed by atoms with Crippen LogP contribution in [0.2, 0.25) is 5.02 Å². The Morgan fingerprint density at radius 2 is 2.21 bits per heavy atom. The van der Waals surface area contributed by atoms with E-state index in [4.69, 9.17) is 11.6 Å². The Morgan fingerprint density at radius 1 is 1.47 bits per heavy atom. The van der Waals surface area contributed by atoms with Gasteiger partial charge in [-0.05, 0) is 24.1 Å². The Balaban J connectivity index is 2.22. The molecule has 0 saturated carbocycles. The molecule has 0 fully saturated rings. The molecule has 1 aromatic heterocycles. The topological polar surface area (TPSA) is 38.0 Å². The largest absolute Gasteiger partial charge is 0.386 e. The van der Waals surface area contributed by atoms with Gasteiger partial charge in [0, 0.05) is 13.5 Å². The molecule has 0 spiro atoms. The zero-order chi connectivity index (χ0) is 14.0. The minimum absolute atomic E-state index is 0.0689. The van der Waals surface area contributed by atoms with Gasteiger partial charge in [-0.1, -0.05) is 30.7 Å². The molecule has 1 unspecified atom stereocenters. The number of rotatable bonds is 4. The van der Waals surface area contributed by atoms with E-state index in [1.54, 1.807) is 23.9 Å². The number of hydrogen-bond donors (Lipinski definition) is 1. The average molecular weight is 283 g/mol. The lowest BCUT2D eigenvalue weighted by Crippen LogP contribution is -2.08. The van der Waals surface area contributed by atoms with Gasteiger partial charge in [0.15, 0.2) is 0 Å². The summed E-state index contributed by atoms with van der Waals surface area (Å²) in [6, 6.07) is 6.46. The van der Waals surface area contributed by atoms with Gasteiger partial charge < -0.3 is 5.11 Å². The highest BCUT2D eigenvalue weighted by molar-refractivity contribution is 6.31. The van der Waals surface area contributed by atoms with E-state index in [0.29, 0.717) is 11.3 Å². The van der Waals surface area contributed by atoms with E-state index >= 15 is 0 Å². The first-order chi connectivity index (χ1) is 9.02. The van der Waals surface area contributed by atoms with Crippen molar-refractivity contribution in [3.05, 3.63) is 52.1 Å². The highest BCUT2D eigenvalue weighted by atomic mass is 35.5. The minimum Gasteiger partial charge on any atom is -0.386 e. The molecule has 0 amide bonds. The van der Waals surface area contributed by atoms with Crippen molar-refractivity contribution in [2.45, 2.75) is 25.9 Å². The van der Waals surface area contributed by atoms with Crippen LogP contribution in [0.25, 0.3) is 0 Å². The number of aliphatic hydroxyl groups excluding tert-OH is 1. The van der Waals surface area contributed by atoms with Crippen molar-refractivity contribution < 1.29 is 9.50 Å². The van der Waals surface area contributed by atoms with Gasteiger partial charge in [0.25, 0.3) is 0 Å². The van der Waals surface area contributed by atoms with Gasteiger partial charge in [-0.15, -0.1) is 0 Å². The second-order valence-corrected chi connectivity index (χ2v) is 4.85. The molecule has 0 aliphatic heterocycles. The molecule has 0 radical (unpaired) electrons. The van der Waals surface area contributed by atoms with Gasteiger partial charge in [0.05, 0.1) is 22.5 Å². The fourth-order valence-electron chi connectivity index (χ4n) is 2.05. The number of aryl methyl sites for hydroxylation is 2. The Labute approximate surface area is 116 Å². The van der Waals surface area contributed by atoms with Crippen molar-refractivity contribution in [3.8, 4) is 0 Å². The van der Waals surface area contributed by atoms with Gasteiger partial charge in [-0.25, -0.2) is 4.39 Å². The molecule has 1 aromatic carbocycles. The normalized spacial score (nSPS) is 12.7. The number of aliphatic hydroxyl groups is 1. The minimum atomic E-state index is -0.753. The van der Waals surface area contributed by atoms with Crippen LogP contribution in [-0.4, -0.2) is 14.9 Å². The van der Waals surface area contributed by atoms with Crippen molar-refractivity contribution in [1.82, 2.24) is 9.78 Å². The SMILES string of the molecule is CCc1cc(C(O)Cc2cccc(F)c2Cl)n(C)n1. The molecule has 0 bridgehead atoms. The van der Waals surface area contributed by atoms with Gasteiger partial charge in [0.1, 0.15) is 5.82 Å². The van der Waals surface area contributed by atoms with E-state index < -0.39 is 11.9 Å². The molecule has 3 nitrogen and oxygen atoms in total. The zero-order valence-corrected chi connectivity index (χ0v) is 11.7. The molecule has 0 aliphatic carbocycles. The lowest BCUT2D eigenvalue weighted by Gasteiger charge is -2.12. The summed E-state index contributed by atoms with van der Waals surface area (Å²) in [5, 5.41) is 14.6. The fraction of sp³-hybridized carbons (Fsp3) is 0.357. The monoisotopic (exact) mass is 282 g/mol. The first-order valence-electron chi connectivity index (χ1n) is 6.16. The van der Waals surface area contributed by atoms with Crippen molar-refractivity contribution in [1.29, 1.82) is 0 Å². The molecule has 1 N–H and O–H groups in total. The third kappa shape index (κ3) is 2.96. The molecule has 2 aromatic rings. The molecule has 0 saturated heterocycles. The van der Waals surface area contributed by atoms with Crippen LogP contribution in [0.1, 0.15) is 30.0 Å². The zero-order valence-electron chi connectivity index (χ0n) is 10.9. The van der Waals surface area contributed by atoms with E-state index in [9.17, 15) is 9.50 Å². The standard InChI is InChI=1S/C14H16ClFN2O/c1-3-10-8-12(18(2)17-10)13(19)7-9-5-4-6-11(16)14(9)15/h4-6,8,13,19H,3,7H2,1-2H3. The average Bonchev–Trinajstić information content (AvgIpc) is 2.76. The smallest absolute Gasteiger partial charge is 0.142 e. The third-order valence-corrected chi connectivity index (χ3v) is 3.54. The van der Waals surface area contributed by atoms with Gasteiger partial charge in [-0.3, -0.25) is 4.68 Å². The number of hydrogen-bond acceptors (Lipinski definition) is 2. The van der Waals surface area contributed by atoms with E-state index in [0.717, 1.165) is 12.1 Å². The fourth-order valence-corrected chi connectivity index (χ4v) is 2.25. The maximum Gasteiger partial charge on any atom is 0.142 e. The number of halogens is 2. The first-order valence-corrected chi connectivity index (χ1v) is 6.54. The predicted molar refractivity (Wildman–Crippen MR) is 72.7 cm³/mol. The van der Waals surface area contributed by atoms with Crippen molar-refractivity contribution >= 4 is 11.6 Å². The number of nitrogens with zero attached hydrogens (tertiary/aromatic N) is 2. The van der Waals surface area contributed by atoms with Crippen LogP contribution in [0, 0.1) is 5.82 Å². The summed E-state index contributed by atoms with van der Waals surface area (Å²) in [6.45, 7) is 2.00. The molecule has 2 rings (SSSR count). The molecule has 19 heavy (non-hydrogen) atoms. The Bertz CT molecular complexity index is 583. The van der Waals surface area contributed by atoms with Gasteiger partial charge >= 0.3 is 0 Å². The molecule has 102 valence electrons. The highest BCUT2D eigenvalue weighted by Crippen LogP contribution is 2.25. The summed E-state index contributed by atoms with van der Waals surface area (Å²) in [5.74, 6) is -0.467. The second kappa shape index (κ2) is 5.72. The van der Waals surface area contributed by atoms with Crippen LogP contribution >= 0.6 is 11.6 Å². The molecule has 0 aliphatic rings. The van der Waals surface area contributed by atoms with Crippen LogP contribution < -0.4 is 0 Å². The molecular weight excluding hydrogens is 267 g/mol. The lowest BCUT2D eigenvalue weighted by molar-refractivity contribution is 0.168. The van der Waals surface area contributed by atoms with E-state index in [2.05, 4.69) is 5.10 Å². The quantitative estimate of drug-likeness (QED) is 0.936. The Kier molecular flexibility index (Phi) is 4.22. The van der Waals surface area contributed by atoms with Crippen molar-refractivity contribution in [3.63, 3.8) is 0 Å². The van der Waals surface area contributed by atoms with Crippen LogP contribution in [0.3, 0.4) is 0 Å². The summed E-state index contributed by atoms with van der Waals surface area (Å²) in [7, 11) is 1.78. The predicted octanol–water partition coefficient (Wildman–Crippen LogP) is 3.05. The Hall–Kier alpha value is -1.39. The van der Waals surface area contributed by atoms with E-state index in [-0.39, 0.29) is 11.4 Å². The van der Waals surface area contributed by atoms with Gasteiger partial charge in [0.2, 0.25) is 0 Å². The summed E-state index contributed by atoms with van der Waals surface area (Å²) >= 11 is 5.89. The van der Waals surface area contributed by atoms with Crippen LogP contribution in [-0.2, 0) is 19.9 Å². The summed E-state index contributed by atoms with van der Waals surface area (Å²) < 4.78 is 15.0. The van der Waals surface area contributed by atoms with Crippen LogP contribution in [0.5, 0.6) is 0 Å². The third-order valence-electron chi connectivity index (χ3n) is 3.12. The number of benzene rings is 1. The van der Waals surface area contributed by atoms with E-state index in [1.165, 1.54) is 6.07 Å². The van der Waals surface area contributed by atoms with Crippen molar-refractivity contribution in [2.75, 3.05) is 0 Å². The Morgan fingerprint density at radius 3 is 2.84 bits per heavy atom. The summed E-state index contributed by atoms with van der Waals surface area (Å²) in [6.07, 6.45) is 0.317. The van der Waals surface area contributed by atoms with Gasteiger partial charge in [-0.2, -0.15) is 5.10 Å². The van der Waals surface area contributed by atoms with Crippen LogP contribution in [0.15, 0.2) is 24.3 Å². The maximum absolute atomic E-state index is 13.3. The van der Waals surface area contributed by atoms with Crippen molar-refractivity contribution in [2.24, 2.45) is 7.05 Å². The molecule has 1 atom stereocenters. The highest BCUT2D eigenvalue weighted by Gasteiger charge is 2.16. The second-order valence-electron chi connectivity index (χ2n) is 4.47. The molecule has 1 heterocycles. The maximum atomic E-state index is 13.3. The van der Waals surface area contributed by atoms with Crippen LogP contribution in [0.4, 0.5) is 4.39 Å². The first kappa shape index (κ1) is 14.0.